The Hall–Kier alpha value is -2.25. The van der Waals surface area contributed by atoms with E-state index in [9.17, 15) is 10.4 Å². The molecule has 4 nitrogen and oxygen atoms in total. The fourth-order valence-electron chi connectivity index (χ4n) is 3.07. The van der Waals surface area contributed by atoms with Crippen molar-refractivity contribution < 1.29 is 5.11 Å². The maximum Gasteiger partial charge on any atom is 0.144 e. The maximum absolute atomic E-state index is 9.84. The lowest BCUT2D eigenvalue weighted by molar-refractivity contribution is 0.354. The molecule has 2 N–H and O–H groups in total. The van der Waals surface area contributed by atoms with Crippen LogP contribution in [0, 0.1) is 16.7 Å². The number of anilines is 1. The summed E-state index contributed by atoms with van der Waals surface area (Å²) in [5.74, 6) is 0.274. The molecule has 0 radical (unpaired) electrons. The third kappa shape index (κ3) is 1.78. The second kappa shape index (κ2) is 4.64. The summed E-state index contributed by atoms with van der Waals surface area (Å²) in [6.45, 7) is 1.91. The van der Waals surface area contributed by atoms with Gasteiger partial charge in [0.1, 0.15) is 17.5 Å². The first kappa shape index (κ1) is 13.7. The lowest BCUT2D eigenvalue weighted by atomic mass is 9.81. The van der Waals surface area contributed by atoms with Gasteiger partial charge in [0.2, 0.25) is 0 Å². The Morgan fingerprint density at radius 3 is 2.71 bits per heavy atom. The minimum Gasteiger partial charge on any atom is -0.512 e. The standard InChI is InChI=1S/C16H14ClN3O/c1-16-13(7-11(21)8-14(16)17)12(9-18)15(19)20(16)10-5-3-2-4-6-10/h2-7,14,19,21H,8H2,1H3/t14-,16+/m1/s1. The van der Waals surface area contributed by atoms with E-state index >= 15 is 0 Å². The summed E-state index contributed by atoms with van der Waals surface area (Å²) in [4.78, 5) is 1.78. The predicted molar refractivity (Wildman–Crippen MR) is 82.7 cm³/mol. The van der Waals surface area contributed by atoms with Crippen LogP contribution in [0.4, 0.5) is 5.69 Å². The lowest BCUT2D eigenvalue weighted by Crippen LogP contribution is -2.53. The van der Waals surface area contributed by atoms with Gasteiger partial charge in [0, 0.05) is 17.7 Å². The molecule has 1 aromatic carbocycles. The van der Waals surface area contributed by atoms with Crippen molar-refractivity contribution in [3.8, 4) is 6.07 Å². The van der Waals surface area contributed by atoms with E-state index in [0.29, 0.717) is 12.0 Å². The fraction of sp³-hybridized carbons (Fsp3) is 0.250. The smallest absolute Gasteiger partial charge is 0.144 e. The summed E-state index contributed by atoms with van der Waals surface area (Å²) >= 11 is 6.50. The zero-order valence-electron chi connectivity index (χ0n) is 11.5. The second-order valence-corrected chi connectivity index (χ2v) is 5.90. The molecule has 0 fully saturated rings. The highest BCUT2D eigenvalue weighted by atomic mass is 35.5. The Balaban J connectivity index is 2.24. The average Bonchev–Trinajstić information content (AvgIpc) is 2.68. The van der Waals surface area contributed by atoms with E-state index in [0.717, 1.165) is 5.69 Å². The molecule has 0 aromatic heterocycles. The Bertz CT molecular complexity index is 717. The number of aliphatic hydroxyl groups excluding tert-OH is 1. The van der Waals surface area contributed by atoms with Crippen LogP contribution in [0.3, 0.4) is 0 Å². The van der Waals surface area contributed by atoms with Crippen molar-refractivity contribution in [1.82, 2.24) is 0 Å². The third-order valence-corrected chi connectivity index (χ3v) is 4.75. The third-order valence-electron chi connectivity index (χ3n) is 4.17. The number of nitriles is 1. The minimum atomic E-state index is -0.711. The SMILES string of the molecule is C[C@@]12C(=C(C#N)C(=N)N1c1ccccc1)C=C(O)C[C@H]2Cl. The van der Waals surface area contributed by atoms with Gasteiger partial charge >= 0.3 is 0 Å². The monoisotopic (exact) mass is 299 g/mol. The van der Waals surface area contributed by atoms with E-state index < -0.39 is 10.9 Å². The molecule has 0 saturated carbocycles. The highest BCUT2D eigenvalue weighted by Gasteiger charge is 2.52. The van der Waals surface area contributed by atoms with Crippen molar-refractivity contribution in [1.29, 1.82) is 10.7 Å². The van der Waals surface area contributed by atoms with E-state index in [2.05, 4.69) is 6.07 Å². The maximum atomic E-state index is 9.84. The summed E-state index contributed by atoms with van der Waals surface area (Å²) in [5, 5.41) is 27.2. The number of hydrogen-bond donors (Lipinski definition) is 2. The van der Waals surface area contributed by atoms with Crippen LogP contribution < -0.4 is 4.90 Å². The molecule has 2 atom stereocenters. The number of halogens is 1. The molecule has 21 heavy (non-hydrogen) atoms. The number of nitrogens with zero attached hydrogens (tertiary/aromatic N) is 2. The van der Waals surface area contributed by atoms with Gasteiger partial charge in [0.05, 0.1) is 16.7 Å². The molecule has 1 heterocycles. The number of allylic oxidation sites excluding steroid dienone is 1. The number of amidine groups is 1. The van der Waals surface area contributed by atoms with E-state index in [1.807, 2.05) is 37.3 Å². The van der Waals surface area contributed by atoms with E-state index in [1.54, 1.807) is 11.0 Å². The van der Waals surface area contributed by atoms with Gasteiger partial charge in [-0.25, -0.2) is 0 Å². The number of aliphatic hydroxyl groups is 1. The highest BCUT2D eigenvalue weighted by molar-refractivity contribution is 6.25. The molecule has 1 aromatic rings. The second-order valence-electron chi connectivity index (χ2n) is 5.37. The summed E-state index contributed by atoms with van der Waals surface area (Å²) in [6.07, 6.45) is 1.89. The zero-order chi connectivity index (χ0) is 15.2. The summed E-state index contributed by atoms with van der Waals surface area (Å²) < 4.78 is 0. The molecular formula is C16H14ClN3O. The zero-order valence-corrected chi connectivity index (χ0v) is 12.2. The molecule has 1 aliphatic carbocycles. The molecule has 1 aliphatic heterocycles. The molecule has 0 amide bonds. The van der Waals surface area contributed by atoms with Gasteiger partial charge in [-0.2, -0.15) is 5.26 Å². The van der Waals surface area contributed by atoms with Crippen LogP contribution in [-0.2, 0) is 0 Å². The first-order chi connectivity index (χ1) is 10.00. The predicted octanol–water partition coefficient (Wildman–Crippen LogP) is 3.52. The number of fused-ring (bicyclic) bond motifs is 1. The summed E-state index contributed by atoms with van der Waals surface area (Å²) in [5.41, 5.74) is 0.978. The number of benzene rings is 1. The first-order valence-corrected chi connectivity index (χ1v) is 7.06. The Morgan fingerprint density at radius 1 is 1.43 bits per heavy atom. The van der Waals surface area contributed by atoms with Crippen LogP contribution >= 0.6 is 11.6 Å². The van der Waals surface area contributed by atoms with E-state index in [4.69, 9.17) is 17.0 Å². The van der Waals surface area contributed by atoms with E-state index in [-0.39, 0.29) is 17.2 Å². The molecular weight excluding hydrogens is 286 g/mol. The Morgan fingerprint density at radius 2 is 2.10 bits per heavy atom. The Labute approximate surface area is 128 Å². The van der Waals surface area contributed by atoms with Gasteiger partial charge in [0.25, 0.3) is 0 Å². The molecule has 106 valence electrons. The lowest BCUT2D eigenvalue weighted by Gasteiger charge is -2.43. The number of para-hydroxylation sites is 1. The van der Waals surface area contributed by atoms with Crippen LogP contribution in [0.25, 0.3) is 0 Å². The molecule has 2 aliphatic rings. The summed E-state index contributed by atoms with van der Waals surface area (Å²) in [6, 6.07) is 11.5. The molecule has 5 heteroatoms. The van der Waals surface area contributed by atoms with Crippen LogP contribution in [0.1, 0.15) is 13.3 Å². The fourth-order valence-corrected chi connectivity index (χ4v) is 3.44. The van der Waals surface area contributed by atoms with Crippen molar-refractivity contribution in [3.63, 3.8) is 0 Å². The molecule has 3 rings (SSSR count). The molecule has 0 saturated heterocycles. The van der Waals surface area contributed by atoms with Gasteiger partial charge in [0.15, 0.2) is 0 Å². The topological polar surface area (TPSA) is 71.1 Å². The largest absolute Gasteiger partial charge is 0.512 e. The van der Waals surface area contributed by atoms with Gasteiger partial charge in [-0.15, -0.1) is 11.6 Å². The first-order valence-electron chi connectivity index (χ1n) is 6.62. The van der Waals surface area contributed by atoms with Gasteiger partial charge in [-0.3, -0.25) is 5.41 Å². The van der Waals surface area contributed by atoms with Crippen LogP contribution in [0.5, 0.6) is 0 Å². The average molecular weight is 300 g/mol. The minimum absolute atomic E-state index is 0.123. The van der Waals surface area contributed by atoms with E-state index in [1.165, 1.54) is 0 Å². The van der Waals surface area contributed by atoms with Crippen molar-refractivity contribution in [3.05, 3.63) is 53.3 Å². The highest BCUT2D eigenvalue weighted by Crippen LogP contribution is 2.47. The van der Waals surface area contributed by atoms with Gasteiger partial charge in [-0.1, -0.05) is 18.2 Å². The van der Waals surface area contributed by atoms with Crippen LogP contribution in [0.15, 0.2) is 53.3 Å². The quantitative estimate of drug-likeness (QED) is 0.779. The number of alkyl halides is 1. The molecule has 0 spiro atoms. The number of hydrogen-bond acceptors (Lipinski definition) is 3. The van der Waals surface area contributed by atoms with Crippen molar-refractivity contribution in [2.24, 2.45) is 0 Å². The normalized spacial score (nSPS) is 28.2. The van der Waals surface area contributed by atoms with Gasteiger partial charge < -0.3 is 10.0 Å². The molecule has 0 unspecified atom stereocenters. The van der Waals surface area contributed by atoms with Gasteiger partial charge in [-0.05, 0) is 25.1 Å². The number of nitrogens with one attached hydrogen (secondary N) is 1. The Kier molecular flexibility index (Phi) is 3.03. The molecule has 0 bridgehead atoms. The summed E-state index contributed by atoms with van der Waals surface area (Å²) in [7, 11) is 0. The van der Waals surface area contributed by atoms with Crippen molar-refractivity contribution in [2.75, 3.05) is 4.90 Å². The van der Waals surface area contributed by atoms with Crippen molar-refractivity contribution >= 4 is 23.1 Å². The number of rotatable bonds is 1. The van der Waals surface area contributed by atoms with Crippen LogP contribution in [-0.4, -0.2) is 21.9 Å². The van der Waals surface area contributed by atoms with Crippen LogP contribution in [0.2, 0.25) is 0 Å². The van der Waals surface area contributed by atoms with Crippen molar-refractivity contribution in [2.45, 2.75) is 24.3 Å².